The van der Waals surface area contributed by atoms with E-state index >= 15 is 0 Å². The van der Waals surface area contributed by atoms with Crippen LogP contribution < -0.4 is 4.90 Å². The van der Waals surface area contributed by atoms with Crippen molar-refractivity contribution >= 4 is 29.2 Å². The summed E-state index contributed by atoms with van der Waals surface area (Å²) in [4.78, 5) is 26.0. The molecule has 2 aromatic rings. The number of aryl methyl sites for hydroxylation is 2. The molecule has 0 N–H and O–H groups in total. The number of ether oxygens (including phenoxy) is 3. The number of hydrogen-bond donors (Lipinski definition) is 0. The average molecular weight is 406 g/mol. The minimum Gasteiger partial charge on any atom is -0.466 e. The molecule has 1 aromatic heterocycles. The second-order valence-corrected chi connectivity index (χ2v) is 6.60. The van der Waals surface area contributed by atoms with Crippen LogP contribution in [0.2, 0.25) is 5.02 Å². The lowest BCUT2D eigenvalue weighted by atomic mass is 10.1. The summed E-state index contributed by atoms with van der Waals surface area (Å²) in [6.45, 7) is 3.84. The smallest absolute Gasteiger partial charge is 0.355 e. The minimum atomic E-state index is -0.664. The predicted molar refractivity (Wildman–Crippen MR) is 102 cm³/mol. The number of methoxy groups -OCH3 is 2. The Labute approximate surface area is 167 Å². The first kappa shape index (κ1) is 19.9. The first-order valence-electron chi connectivity index (χ1n) is 8.45. The molecule has 3 rings (SSSR count). The van der Waals surface area contributed by atoms with E-state index in [1.165, 1.54) is 19.1 Å². The second-order valence-electron chi connectivity index (χ2n) is 6.19. The van der Waals surface area contributed by atoms with E-state index in [2.05, 4.69) is 5.10 Å². The maximum absolute atomic E-state index is 12.4. The highest BCUT2D eigenvalue weighted by atomic mass is 35.5. The van der Waals surface area contributed by atoms with Gasteiger partial charge in [0.1, 0.15) is 12.4 Å². The van der Waals surface area contributed by atoms with Crippen molar-refractivity contribution in [1.29, 1.82) is 0 Å². The number of benzene rings is 1. The topological polar surface area (TPSA) is 82.9 Å². The molecule has 0 fully saturated rings. The Bertz CT molecular complexity index is 966. The summed E-state index contributed by atoms with van der Waals surface area (Å²) in [5.41, 5.74) is 3.23. The lowest BCUT2D eigenvalue weighted by molar-refractivity contribution is -0.140. The molecular weight excluding hydrogens is 386 g/mol. The Balaban J connectivity index is 2.06. The number of rotatable bonds is 4. The fourth-order valence-corrected chi connectivity index (χ4v) is 3.31. The van der Waals surface area contributed by atoms with E-state index in [1.54, 1.807) is 22.9 Å². The molecule has 148 valence electrons. The van der Waals surface area contributed by atoms with Crippen LogP contribution >= 0.6 is 11.6 Å². The highest BCUT2D eigenvalue weighted by Gasteiger charge is 2.32. The van der Waals surface area contributed by atoms with E-state index in [-0.39, 0.29) is 24.6 Å². The summed E-state index contributed by atoms with van der Waals surface area (Å²) in [5.74, 6) is -1.32. The fraction of sp³-hybridized carbons (Fsp3) is 0.316. The van der Waals surface area contributed by atoms with Crippen LogP contribution in [0.25, 0.3) is 5.69 Å². The van der Waals surface area contributed by atoms with Crippen molar-refractivity contribution in [2.24, 2.45) is 0 Å². The van der Waals surface area contributed by atoms with Gasteiger partial charge >= 0.3 is 11.9 Å². The fourth-order valence-electron chi connectivity index (χ4n) is 3.06. The summed E-state index contributed by atoms with van der Waals surface area (Å²) < 4.78 is 16.8. The van der Waals surface area contributed by atoms with E-state index in [1.807, 2.05) is 19.9 Å². The molecular formula is C19H20ClN3O5. The van der Waals surface area contributed by atoms with Crippen molar-refractivity contribution in [1.82, 2.24) is 9.78 Å². The van der Waals surface area contributed by atoms with Gasteiger partial charge in [0, 0.05) is 11.4 Å². The number of nitrogens with zero attached hydrogens (tertiary/aromatic N) is 3. The number of halogens is 1. The van der Waals surface area contributed by atoms with E-state index in [4.69, 9.17) is 25.8 Å². The normalized spacial score (nSPS) is 14.2. The first-order valence-corrected chi connectivity index (χ1v) is 8.83. The van der Waals surface area contributed by atoms with Crippen LogP contribution in [0.5, 0.6) is 0 Å². The molecule has 1 aliphatic heterocycles. The Morgan fingerprint density at radius 1 is 1.14 bits per heavy atom. The third-order valence-electron chi connectivity index (χ3n) is 4.31. The molecule has 0 saturated heterocycles. The van der Waals surface area contributed by atoms with Crippen LogP contribution in [0.1, 0.15) is 11.4 Å². The van der Waals surface area contributed by atoms with Crippen LogP contribution in [0.15, 0.2) is 35.5 Å². The quantitative estimate of drug-likeness (QED) is 0.723. The third kappa shape index (κ3) is 3.61. The van der Waals surface area contributed by atoms with Crippen molar-refractivity contribution in [3.8, 4) is 5.69 Å². The Morgan fingerprint density at radius 3 is 2.43 bits per heavy atom. The largest absolute Gasteiger partial charge is 0.466 e. The SMILES string of the molecule is COC(=O)C1=C(C(=O)OC)N(c2ccc(-n3nc(C)cc3C)c(Cl)c2)COC1. The summed E-state index contributed by atoms with van der Waals surface area (Å²) in [6, 6.07) is 7.19. The Hall–Kier alpha value is -2.84. The third-order valence-corrected chi connectivity index (χ3v) is 4.62. The molecule has 28 heavy (non-hydrogen) atoms. The zero-order chi connectivity index (χ0) is 20.4. The van der Waals surface area contributed by atoms with Gasteiger partial charge in [-0.15, -0.1) is 0 Å². The van der Waals surface area contributed by atoms with Gasteiger partial charge in [-0.3, -0.25) is 0 Å². The maximum atomic E-state index is 12.4. The van der Waals surface area contributed by atoms with Gasteiger partial charge in [-0.2, -0.15) is 5.10 Å². The number of hydrogen-bond acceptors (Lipinski definition) is 7. The molecule has 0 bridgehead atoms. The summed E-state index contributed by atoms with van der Waals surface area (Å²) in [7, 11) is 2.49. The highest BCUT2D eigenvalue weighted by Crippen LogP contribution is 2.31. The molecule has 0 spiro atoms. The zero-order valence-corrected chi connectivity index (χ0v) is 16.7. The van der Waals surface area contributed by atoms with Gasteiger partial charge in [0.25, 0.3) is 0 Å². The number of aromatic nitrogens is 2. The minimum absolute atomic E-state index is 0.0504. The average Bonchev–Trinajstić information content (AvgIpc) is 3.03. The number of carbonyl (C=O) groups excluding carboxylic acids is 2. The molecule has 0 aliphatic carbocycles. The predicted octanol–water partition coefficient (Wildman–Crippen LogP) is 2.54. The maximum Gasteiger partial charge on any atom is 0.355 e. The molecule has 1 aliphatic rings. The lowest BCUT2D eigenvalue weighted by Crippen LogP contribution is -2.38. The molecule has 0 unspecified atom stereocenters. The van der Waals surface area contributed by atoms with Gasteiger partial charge in [-0.25, -0.2) is 14.3 Å². The standard InChI is InChI=1S/C19H20ClN3O5/c1-11-7-12(2)23(21-11)16-6-5-13(8-15(16)20)22-10-28-9-14(18(24)26-3)17(22)19(25)27-4/h5-8H,9-10H2,1-4H3. The van der Waals surface area contributed by atoms with E-state index in [9.17, 15) is 9.59 Å². The Morgan fingerprint density at radius 2 is 1.86 bits per heavy atom. The molecule has 8 nitrogen and oxygen atoms in total. The van der Waals surface area contributed by atoms with Gasteiger partial charge < -0.3 is 19.1 Å². The van der Waals surface area contributed by atoms with Crippen LogP contribution in [-0.4, -0.2) is 49.3 Å². The first-order chi connectivity index (χ1) is 13.4. The van der Waals surface area contributed by atoms with Gasteiger partial charge in [0.2, 0.25) is 0 Å². The van der Waals surface area contributed by atoms with Crippen molar-refractivity contribution in [3.63, 3.8) is 0 Å². The van der Waals surface area contributed by atoms with Gasteiger partial charge in [0.15, 0.2) is 0 Å². The summed E-state index contributed by atoms with van der Waals surface area (Å²) >= 11 is 6.50. The second kappa shape index (κ2) is 8.04. The molecule has 2 heterocycles. The van der Waals surface area contributed by atoms with Crippen LogP contribution in [0, 0.1) is 13.8 Å². The molecule has 0 saturated carbocycles. The van der Waals surface area contributed by atoms with Gasteiger partial charge in [-0.1, -0.05) is 11.6 Å². The summed E-state index contributed by atoms with van der Waals surface area (Å²) in [5, 5.41) is 4.86. The Kier molecular flexibility index (Phi) is 5.71. The number of anilines is 1. The van der Waals surface area contributed by atoms with E-state index < -0.39 is 11.9 Å². The monoisotopic (exact) mass is 405 g/mol. The van der Waals surface area contributed by atoms with Crippen molar-refractivity contribution in [2.45, 2.75) is 13.8 Å². The van der Waals surface area contributed by atoms with Gasteiger partial charge in [0.05, 0.1) is 42.8 Å². The number of carbonyl (C=O) groups is 2. The molecule has 0 atom stereocenters. The van der Waals surface area contributed by atoms with Crippen molar-refractivity contribution in [3.05, 3.63) is 51.9 Å². The molecule has 0 amide bonds. The zero-order valence-electron chi connectivity index (χ0n) is 16.0. The molecule has 1 aromatic carbocycles. The van der Waals surface area contributed by atoms with Gasteiger partial charge in [-0.05, 0) is 38.1 Å². The van der Waals surface area contributed by atoms with Crippen molar-refractivity contribution in [2.75, 3.05) is 32.5 Å². The molecule has 9 heteroatoms. The van der Waals surface area contributed by atoms with E-state index in [0.717, 1.165) is 11.4 Å². The van der Waals surface area contributed by atoms with E-state index in [0.29, 0.717) is 16.4 Å². The van der Waals surface area contributed by atoms with Crippen LogP contribution in [0.4, 0.5) is 5.69 Å². The lowest BCUT2D eigenvalue weighted by Gasteiger charge is -2.31. The van der Waals surface area contributed by atoms with Crippen LogP contribution in [0.3, 0.4) is 0 Å². The highest BCUT2D eigenvalue weighted by molar-refractivity contribution is 6.32. The molecule has 0 radical (unpaired) electrons. The number of esters is 2. The van der Waals surface area contributed by atoms with Crippen LogP contribution in [-0.2, 0) is 23.8 Å². The summed E-state index contributed by atoms with van der Waals surface area (Å²) in [6.07, 6.45) is 0. The van der Waals surface area contributed by atoms with Crippen molar-refractivity contribution < 1.29 is 23.8 Å².